The monoisotopic (exact) mass is 339 g/mol. The third-order valence-electron chi connectivity index (χ3n) is 4.85. The number of hydrogen-bond donors (Lipinski definition) is 0. The Morgan fingerprint density at radius 2 is 1.62 bits per heavy atom. The topological polar surface area (TPSA) is 53.1 Å². The quantitative estimate of drug-likeness (QED) is 0.735. The van der Waals surface area contributed by atoms with Crippen molar-refractivity contribution in [1.82, 2.24) is 14.7 Å². The molecule has 6 nitrogen and oxygen atoms in total. The van der Waals surface area contributed by atoms with Crippen molar-refractivity contribution >= 4 is 12.0 Å². The van der Waals surface area contributed by atoms with E-state index in [1.807, 2.05) is 25.7 Å². The van der Waals surface area contributed by atoms with Gasteiger partial charge in [-0.3, -0.25) is 4.79 Å². The van der Waals surface area contributed by atoms with Crippen LogP contribution in [0.15, 0.2) is 0 Å². The van der Waals surface area contributed by atoms with Crippen LogP contribution in [-0.2, 0) is 9.53 Å². The van der Waals surface area contributed by atoms with E-state index in [-0.39, 0.29) is 23.5 Å². The summed E-state index contributed by atoms with van der Waals surface area (Å²) in [5, 5.41) is 0. The molecule has 2 saturated heterocycles. The minimum atomic E-state index is -0.479. The van der Waals surface area contributed by atoms with Crippen molar-refractivity contribution in [2.24, 2.45) is 5.92 Å². The molecule has 0 atom stereocenters. The molecule has 138 valence electrons. The van der Waals surface area contributed by atoms with Crippen LogP contribution in [-0.4, -0.2) is 77.6 Å². The highest BCUT2D eigenvalue weighted by molar-refractivity contribution is 5.80. The number of likely N-dealkylation sites (N-methyl/N-ethyl adjacent to an activating group) is 1. The van der Waals surface area contributed by atoms with Gasteiger partial charge in [-0.25, -0.2) is 4.79 Å². The molecule has 2 rings (SSSR count). The van der Waals surface area contributed by atoms with Crippen molar-refractivity contribution in [2.45, 2.75) is 58.6 Å². The lowest BCUT2D eigenvalue weighted by Crippen LogP contribution is -2.61. The number of amides is 2. The molecule has 2 heterocycles. The number of carbonyl (C=O) groups is 2. The van der Waals surface area contributed by atoms with Gasteiger partial charge in [0.15, 0.2) is 0 Å². The van der Waals surface area contributed by atoms with Crippen LogP contribution < -0.4 is 0 Å². The van der Waals surface area contributed by atoms with Gasteiger partial charge in [-0.15, -0.1) is 0 Å². The highest BCUT2D eigenvalue weighted by atomic mass is 16.6. The summed E-state index contributed by atoms with van der Waals surface area (Å²) < 4.78 is 5.42. The normalized spacial score (nSPS) is 23.2. The molecule has 0 aromatic carbocycles. The smallest absolute Gasteiger partial charge is 0.410 e. The summed E-state index contributed by atoms with van der Waals surface area (Å²) in [6, 6.07) is 0. The van der Waals surface area contributed by atoms with Gasteiger partial charge in [0.1, 0.15) is 5.60 Å². The number of piperazine rings is 1. The zero-order chi connectivity index (χ0) is 18.1. The van der Waals surface area contributed by atoms with Gasteiger partial charge in [-0.1, -0.05) is 0 Å². The van der Waals surface area contributed by atoms with E-state index in [2.05, 4.69) is 25.8 Å². The first-order chi connectivity index (χ1) is 11.0. The average molecular weight is 339 g/mol. The van der Waals surface area contributed by atoms with E-state index in [1.54, 1.807) is 4.90 Å². The number of carbonyl (C=O) groups excluding carboxylic acids is 2. The maximum atomic E-state index is 13.0. The largest absolute Gasteiger partial charge is 0.444 e. The first-order valence-corrected chi connectivity index (χ1v) is 8.97. The Morgan fingerprint density at radius 1 is 1.04 bits per heavy atom. The summed E-state index contributed by atoms with van der Waals surface area (Å²) in [6.07, 6.45) is 1.18. The molecule has 0 N–H and O–H groups in total. The molecule has 2 fully saturated rings. The van der Waals surface area contributed by atoms with Crippen LogP contribution in [0.25, 0.3) is 0 Å². The van der Waals surface area contributed by atoms with Gasteiger partial charge in [0.25, 0.3) is 0 Å². The summed E-state index contributed by atoms with van der Waals surface area (Å²) >= 11 is 0. The Kier molecular flexibility index (Phi) is 5.47. The number of nitrogens with zero attached hydrogens (tertiary/aromatic N) is 3. The van der Waals surface area contributed by atoms with Gasteiger partial charge in [0.05, 0.1) is 0 Å². The Labute approximate surface area is 146 Å². The molecular weight excluding hydrogens is 306 g/mol. The molecule has 2 amide bonds. The molecule has 0 aliphatic carbocycles. The molecule has 0 aromatic rings. The fourth-order valence-electron chi connectivity index (χ4n) is 3.66. The first kappa shape index (κ1) is 19.0. The van der Waals surface area contributed by atoms with Crippen LogP contribution in [0.5, 0.6) is 0 Å². The molecule has 0 saturated carbocycles. The van der Waals surface area contributed by atoms with Crippen LogP contribution in [0.1, 0.15) is 47.5 Å². The molecule has 0 bridgehead atoms. The Morgan fingerprint density at radius 3 is 2.12 bits per heavy atom. The third-order valence-corrected chi connectivity index (χ3v) is 4.85. The van der Waals surface area contributed by atoms with Crippen LogP contribution in [0.4, 0.5) is 4.79 Å². The van der Waals surface area contributed by atoms with Crippen LogP contribution in [0.3, 0.4) is 0 Å². The van der Waals surface area contributed by atoms with Gasteiger partial charge >= 0.3 is 6.09 Å². The summed E-state index contributed by atoms with van der Waals surface area (Å²) in [7, 11) is 2.10. The molecule has 2 aliphatic heterocycles. The molecule has 0 unspecified atom stereocenters. The lowest BCUT2D eigenvalue weighted by molar-refractivity contribution is -0.146. The minimum Gasteiger partial charge on any atom is -0.444 e. The second-order valence-corrected chi connectivity index (χ2v) is 8.78. The van der Waals surface area contributed by atoms with E-state index in [0.717, 1.165) is 32.5 Å². The molecule has 0 radical (unpaired) electrons. The third kappa shape index (κ3) is 4.62. The van der Waals surface area contributed by atoms with Gasteiger partial charge in [-0.05, 0) is 54.5 Å². The number of piperidine rings is 1. The Balaban J connectivity index is 1.90. The van der Waals surface area contributed by atoms with Crippen molar-refractivity contribution in [3.8, 4) is 0 Å². The Hall–Kier alpha value is -1.30. The van der Waals surface area contributed by atoms with Crippen molar-refractivity contribution < 1.29 is 14.3 Å². The van der Waals surface area contributed by atoms with Gasteiger partial charge in [0.2, 0.25) is 5.91 Å². The van der Waals surface area contributed by atoms with E-state index in [1.165, 1.54) is 0 Å². The van der Waals surface area contributed by atoms with Crippen LogP contribution >= 0.6 is 0 Å². The maximum Gasteiger partial charge on any atom is 0.410 e. The zero-order valence-electron chi connectivity index (χ0n) is 16.1. The number of hydrogen-bond acceptors (Lipinski definition) is 4. The number of ether oxygens (including phenoxy) is 1. The molecular formula is C18H33N3O3. The molecule has 24 heavy (non-hydrogen) atoms. The molecule has 0 spiro atoms. The molecule has 0 aromatic heterocycles. The van der Waals surface area contributed by atoms with Gasteiger partial charge in [0, 0.05) is 44.2 Å². The minimum absolute atomic E-state index is 0.0198. The number of rotatable bonds is 1. The summed E-state index contributed by atoms with van der Waals surface area (Å²) in [5.41, 5.74) is -0.611. The highest BCUT2D eigenvalue weighted by Gasteiger charge is 2.39. The second kappa shape index (κ2) is 6.90. The lowest BCUT2D eigenvalue weighted by atomic mass is 9.91. The van der Waals surface area contributed by atoms with Gasteiger partial charge < -0.3 is 19.4 Å². The van der Waals surface area contributed by atoms with Gasteiger partial charge in [-0.2, -0.15) is 0 Å². The average Bonchev–Trinajstić information content (AvgIpc) is 2.44. The van der Waals surface area contributed by atoms with E-state index in [0.29, 0.717) is 13.1 Å². The van der Waals surface area contributed by atoms with E-state index in [9.17, 15) is 9.59 Å². The SMILES string of the molecule is CN1CCN(C(=O)C2CCN(C(=O)OC(C)(C)C)CC2)C(C)(C)C1. The van der Waals surface area contributed by atoms with E-state index >= 15 is 0 Å². The summed E-state index contributed by atoms with van der Waals surface area (Å²) in [5.74, 6) is 0.267. The Bertz CT molecular complexity index is 476. The van der Waals surface area contributed by atoms with Crippen molar-refractivity contribution in [1.29, 1.82) is 0 Å². The van der Waals surface area contributed by atoms with Crippen LogP contribution in [0.2, 0.25) is 0 Å². The predicted octanol–water partition coefficient (Wildman–Crippen LogP) is 2.19. The highest BCUT2D eigenvalue weighted by Crippen LogP contribution is 2.27. The maximum absolute atomic E-state index is 13.0. The summed E-state index contributed by atoms with van der Waals surface area (Å²) in [6.45, 7) is 13.7. The summed E-state index contributed by atoms with van der Waals surface area (Å²) in [4.78, 5) is 31.1. The second-order valence-electron chi connectivity index (χ2n) is 8.78. The predicted molar refractivity (Wildman–Crippen MR) is 93.8 cm³/mol. The zero-order valence-corrected chi connectivity index (χ0v) is 16.1. The molecule has 2 aliphatic rings. The van der Waals surface area contributed by atoms with Crippen LogP contribution in [0, 0.1) is 5.92 Å². The fourth-order valence-corrected chi connectivity index (χ4v) is 3.66. The lowest BCUT2D eigenvalue weighted by Gasteiger charge is -2.48. The van der Waals surface area contributed by atoms with E-state index < -0.39 is 5.60 Å². The van der Waals surface area contributed by atoms with Crippen molar-refractivity contribution in [3.63, 3.8) is 0 Å². The molecule has 6 heteroatoms. The van der Waals surface area contributed by atoms with Crippen molar-refractivity contribution in [2.75, 3.05) is 39.8 Å². The number of likely N-dealkylation sites (tertiary alicyclic amines) is 1. The fraction of sp³-hybridized carbons (Fsp3) is 0.889. The standard InChI is InChI=1S/C18H33N3O3/c1-17(2,3)24-16(23)20-9-7-14(8-10-20)15(22)21-12-11-19(6)13-18(21,4)5/h14H,7-13H2,1-6H3. The van der Waals surface area contributed by atoms with Crippen molar-refractivity contribution in [3.05, 3.63) is 0 Å². The first-order valence-electron chi connectivity index (χ1n) is 8.97. The van der Waals surface area contributed by atoms with E-state index in [4.69, 9.17) is 4.74 Å².